The number of ether oxygens (including phenoxy) is 1. The van der Waals surface area contributed by atoms with Crippen molar-refractivity contribution in [1.82, 2.24) is 5.32 Å². The zero-order valence-corrected chi connectivity index (χ0v) is 10.9. The average molecular weight is 248 g/mol. The third-order valence-corrected chi connectivity index (χ3v) is 3.29. The number of hydrogen-bond acceptors (Lipinski definition) is 3. The van der Waals surface area contributed by atoms with Crippen LogP contribution in [0.25, 0.3) is 0 Å². The molecule has 2 rings (SSSR count). The second-order valence-electron chi connectivity index (χ2n) is 4.98. The number of para-hydroxylation sites is 1. The Labute approximate surface area is 108 Å². The molecule has 1 aromatic carbocycles. The maximum atomic E-state index is 12.1. The predicted octanol–water partition coefficient (Wildman–Crippen LogP) is 2.20. The van der Waals surface area contributed by atoms with Gasteiger partial charge in [-0.2, -0.15) is 0 Å². The summed E-state index contributed by atoms with van der Waals surface area (Å²) in [5, 5.41) is 2.99. The van der Waals surface area contributed by atoms with Gasteiger partial charge in [0.15, 0.2) is 0 Å². The van der Waals surface area contributed by atoms with Crippen LogP contribution in [0.15, 0.2) is 18.2 Å². The molecular weight excluding hydrogens is 228 g/mol. The summed E-state index contributed by atoms with van der Waals surface area (Å²) >= 11 is 0. The van der Waals surface area contributed by atoms with Gasteiger partial charge in [0.1, 0.15) is 5.75 Å². The monoisotopic (exact) mass is 248 g/mol. The molecule has 1 saturated carbocycles. The molecule has 18 heavy (non-hydrogen) atoms. The van der Waals surface area contributed by atoms with E-state index in [1.54, 1.807) is 25.3 Å². The number of methoxy groups -OCH3 is 1. The van der Waals surface area contributed by atoms with E-state index >= 15 is 0 Å². The minimum absolute atomic E-state index is 0.125. The van der Waals surface area contributed by atoms with E-state index in [-0.39, 0.29) is 11.9 Å². The molecule has 0 heterocycles. The molecule has 1 aromatic rings. The third kappa shape index (κ3) is 2.94. The summed E-state index contributed by atoms with van der Waals surface area (Å²) in [7, 11) is 1.54. The maximum Gasteiger partial charge on any atom is 0.253 e. The molecule has 4 nitrogen and oxygen atoms in total. The van der Waals surface area contributed by atoms with Gasteiger partial charge < -0.3 is 15.8 Å². The van der Waals surface area contributed by atoms with Gasteiger partial charge in [-0.05, 0) is 31.4 Å². The first-order valence-corrected chi connectivity index (χ1v) is 6.35. The zero-order chi connectivity index (χ0) is 13.1. The van der Waals surface area contributed by atoms with Gasteiger partial charge in [-0.25, -0.2) is 0 Å². The first-order valence-electron chi connectivity index (χ1n) is 6.35. The van der Waals surface area contributed by atoms with Crippen LogP contribution in [0.1, 0.15) is 36.5 Å². The van der Waals surface area contributed by atoms with Gasteiger partial charge >= 0.3 is 0 Å². The molecular formula is C14H20N2O2. The molecule has 1 aliphatic carbocycles. The zero-order valence-electron chi connectivity index (χ0n) is 10.9. The fourth-order valence-corrected chi connectivity index (χ4v) is 2.13. The molecule has 0 bridgehead atoms. The van der Waals surface area contributed by atoms with Crippen molar-refractivity contribution in [2.24, 2.45) is 5.92 Å². The number of nitrogens with two attached hydrogens (primary N) is 1. The van der Waals surface area contributed by atoms with Crippen LogP contribution >= 0.6 is 0 Å². The van der Waals surface area contributed by atoms with E-state index < -0.39 is 0 Å². The molecule has 3 N–H and O–H groups in total. The quantitative estimate of drug-likeness (QED) is 0.785. The molecule has 0 spiro atoms. The fourth-order valence-electron chi connectivity index (χ4n) is 2.13. The topological polar surface area (TPSA) is 64.3 Å². The van der Waals surface area contributed by atoms with Gasteiger partial charge in [-0.15, -0.1) is 0 Å². The van der Waals surface area contributed by atoms with Crippen molar-refractivity contribution in [2.45, 2.75) is 32.2 Å². The molecule has 0 aromatic heterocycles. The third-order valence-electron chi connectivity index (χ3n) is 3.29. The van der Waals surface area contributed by atoms with Crippen molar-refractivity contribution in [3.8, 4) is 5.75 Å². The Morgan fingerprint density at radius 1 is 1.56 bits per heavy atom. The van der Waals surface area contributed by atoms with E-state index in [9.17, 15) is 4.79 Å². The van der Waals surface area contributed by atoms with Crippen LogP contribution in [-0.2, 0) is 0 Å². The number of carbonyl (C=O) groups excluding carboxylic acids is 1. The minimum Gasteiger partial charge on any atom is -0.495 e. The van der Waals surface area contributed by atoms with Gasteiger partial charge in [0.25, 0.3) is 5.91 Å². The van der Waals surface area contributed by atoms with Crippen LogP contribution in [0.2, 0.25) is 0 Å². The number of nitrogens with one attached hydrogen (secondary N) is 1. The van der Waals surface area contributed by atoms with Gasteiger partial charge in [-0.1, -0.05) is 18.9 Å². The van der Waals surface area contributed by atoms with Crippen molar-refractivity contribution < 1.29 is 9.53 Å². The summed E-state index contributed by atoms with van der Waals surface area (Å²) < 4.78 is 5.11. The lowest BCUT2D eigenvalue weighted by atomic mass is 10.1. The molecule has 4 heteroatoms. The molecule has 1 aliphatic rings. The fraction of sp³-hybridized carbons (Fsp3) is 0.500. The number of amides is 1. The Bertz CT molecular complexity index is 441. The molecule has 1 amide bonds. The van der Waals surface area contributed by atoms with Crippen molar-refractivity contribution in [3.63, 3.8) is 0 Å². The Balaban J connectivity index is 2.03. The predicted molar refractivity (Wildman–Crippen MR) is 71.7 cm³/mol. The number of hydrogen-bond donors (Lipinski definition) is 2. The summed E-state index contributed by atoms with van der Waals surface area (Å²) in [6.45, 7) is 2.03. The summed E-state index contributed by atoms with van der Waals surface area (Å²) in [5.41, 5.74) is 6.78. The van der Waals surface area contributed by atoms with E-state index in [4.69, 9.17) is 10.5 Å². The lowest BCUT2D eigenvalue weighted by Crippen LogP contribution is -2.33. The van der Waals surface area contributed by atoms with E-state index in [1.165, 1.54) is 12.8 Å². The lowest BCUT2D eigenvalue weighted by molar-refractivity contribution is 0.0938. The Morgan fingerprint density at radius 3 is 2.89 bits per heavy atom. The highest BCUT2D eigenvalue weighted by molar-refractivity contribution is 6.00. The van der Waals surface area contributed by atoms with Crippen LogP contribution in [0.3, 0.4) is 0 Å². The Hall–Kier alpha value is -1.71. The van der Waals surface area contributed by atoms with Crippen molar-refractivity contribution in [2.75, 3.05) is 12.8 Å². The molecule has 0 aliphatic heterocycles. The summed E-state index contributed by atoms with van der Waals surface area (Å²) in [4.78, 5) is 12.1. The SMILES string of the molecule is COc1cccc(C(=O)NC(C)CC2CC2)c1N. The summed E-state index contributed by atoms with van der Waals surface area (Å²) in [6.07, 6.45) is 3.64. The molecule has 1 fully saturated rings. The average Bonchev–Trinajstić information content (AvgIpc) is 3.12. The standard InChI is InChI=1S/C14H20N2O2/c1-9(8-10-6-7-10)16-14(17)11-4-3-5-12(18-2)13(11)15/h3-5,9-10H,6-8,15H2,1-2H3,(H,16,17). The number of benzene rings is 1. The highest BCUT2D eigenvalue weighted by atomic mass is 16.5. The second kappa shape index (κ2) is 5.29. The number of anilines is 1. The summed E-state index contributed by atoms with van der Waals surface area (Å²) in [6, 6.07) is 5.43. The van der Waals surface area contributed by atoms with E-state index in [0.717, 1.165) is 12.3 Å². The highest BCUT2D eigenvalue weighted by Crippen LogP contribution is 2.33. The van der Waals surface area contributed by atoms with Crippen LogP contribution in [-0.4, -0.2) is 19.1 Å². The van der Waals surface area contributed by atoms with Gasteiger partial charge in [-0.3, -0.25) is 4.79 Å². The Kier molecular flexibility index (Phi) is 3.75. The molecule has 1 atom stereocenters. The minimum atomic E-state index is -0.125. The van der Waals surface area contributed by atoms with Gasteiger partial charge in [0, 0.05) is 6.04 Å². The molecule has 98 valence electrons. The van der Waals surface area contributed by atoms with Crippen LogP contribution < -0.4 is 15.8 Å². The number of carbonyl (C=O) groups is 1. The van der Waals surface area contributed by atoms with Crippen LogP contribution in [0.5, 0.6) is 5.75 Å². The van der Waals surface area contributed by atoms with E-state index in [1.807, 2.05) is 6.92 Å². The normalized spacial score (nSPS) is 16.1. The number of nitrogen functional groups attached to an aromatic ring is 1. The van der Waals surface area contributed by atoms with Crippen molar-refractivity contribution in [3.05, 3.63) is 23.8 Å². The second-order valence-corrected chi connectivity index (χ2v) is 4.98. The molecule has 0 saturated heterocycles. The molecule has 1 unspecified atom stereocenters. The van der Waals surface area contributed by atoms with E-state index in [2.05, 4.69) is 5.32 Å². The highest BCUT2D eigenvalue weighted by Gasteiger charge is 2.24. The van der Waals surface area contributed by atoms with Gasteiger partial charge in [0.05, 0.1) is 18.4 Å². The van der Waals surface area contributed by atoms with Crippen molar-refractivity contribution >= 4 is 11.6 Å². The van der Waals surface area contributed by atoms with Crippen molar-refractivity contribution in [1.29, 1.82) is 0 Å². The van der Waals surface area contributed by atoms with Crippen LogP contribution in [0, 0.1) is 5.92 Å². The van der Waals surface area contributed by atoms with E-state index in [0.29, 0.717) is 17.0 Å². The lowest BCUT2D eigenvalue weighted by Gasteiger charge is -2.15. The first kappa shape index (κ1) is 12.7. The smallest absolute Gasteiger partial charge is 0.253 e. The first-order chi connectivity index (χ1) is 8.61. The van der Waals surface area contributed by atoms with Crippen LogP contribution in [0.4, 0.5) is 5.69 Å². The largest absolute Gasteiger partial charge is 0.495 e. The Morgan fingerprint density at radius 2 is 2.28 bits per heavy atom. The maximum absolute atomic E-state index is 12.1. The molecule has 0 radical (unpaired) electrons. The summed E-state index contributed by atoms with van der Waals surface area (Å²) in [5.74, 6) is 1.21. The van der Waals surface area contributed by atoms with Gasteiger partial charge in [0.2, 0.25) is 0 Å². The number of rotatable bonds is 5.